The molecule has 0 aliphatic rings. The van der Waals surface area contributed by atoms with Crippen molar-refractivity contribution in [1.29, 1.82) is 0 Å². The molecule has 0 bridgehead atoms. The lowest BCUT2D eigenvalue weighted by molar-refractivity contribution is 0.0737. The van der Waals surface area contributed by atoms with Crippen LogP contribution in [0.2, 0.25) is 0 Å². The van der Waals surface area contributed by atoms with Crippen LogP contribution in [0.15, 0.2) is 54.7 Å². The van der Waals surface area contributed by atoms with Crippen molar-refractivity contribution in [2.75, 3.05) is 7.11 Å². The Labute approximate surface area is 115 Å². The summed E-state index contributed by atoms with van der Waals surface area (Å²) in [4.78, 5) is 15.1. The lowest BCUT2D eigenvalue weighted by atomic mass is 10.2. The summed E-state index contributed by atoms with van der Waals surface area (Å²) in [6, 6.07) is 14.5. The lowest BCUT2D eigenvalue weighted by Crippen LogP contribution is -2.07. The average Bonchev–Trinajstić information content (AvgIpc) is 2.91. The number of carbonyl (C=O) groups excluding carboxylic acids is 1. The fourth-order valence-electron chi connectivity index (χ4n) is 2.02. The molecular formula is C16H13NO3. The van der Waals surface area contributed by atoms with Crippen molar-refractivity contribution in [3.63, 3.8) is 0 Å². The van der Waals surface area contributed by atoms with E-state index in [4.69, 9.17) is 9.47 Å². The number of hydrogen-bond acceptors (Lipinski definition) is 3. The first-order valence-corrected chi connectivity index (χ1v) is 6.20. The van der Waals surface area contributed by atoms with E-state index in [9.17, 15) is 4.79 Å². The topological polar surface area (TPSA) is 51.3 Å². The number of esters is 1. The van der Waals surface area contributed by atoms with Gasteiger partial charge in [0.05, 0.1) is 12.7 Å². The fraction of sp³-hybridized carbons (Fsp3) is 0.0625. The number of aromatic nitrogens is 1. The summed E-state index contributed by atoms with van der Waals surface area (Å²) >= 11 is 0. The second-order valence-corrected chi connectivity index (χ2v) is 4.32. The maximum absolute atomic E-state index is 12.1. The van der Waals surface area contributed by atoms with E-state index in [0.29, 0.717) is 17.1 Å². The Morgan fingerprint density at radius 2 is 1.80 bits per heavy atom. The van der Waals surface area contributed by atoms with Gasteiger partial charge in [0.15, 0.2) is 5.75 Å². The van der Waals surface area contributed by atoms with Crippen LogP contribution in [-0.2, 0) is 0 Å². The van der Waals surface area contributed by atoms with Gasteiger partial charge in [-0.05, 0) is 36.4 Å². The molecule has 1 aromatic heterocycles. The summed E-state index contributed by atoms with van der Waals surface area (Å²) in [5.74, 6) is 0.840. The third-order valence-corrected chi connectivity index (χ3v) is 3.08. The van der Waals surface area contributed by atoms with Crippen LogP contribution in [0.5, 0.6) is 11.5 Å². The molecule has 0 aliphatic carbocycles. The summed E-state index contributed by atoms with van der Waals surface area (Å²) in [5, 5.41) is 0.884. The molecule has 0 saturated heterocycles. The Balaban J connectivity index is 1.84. The van der Waals surface area contributed by atoms with E-state index in [2.05, 4.69) is 4.98 Å². The second-order valence-electron chi connectivity index (χ2n) is 4.32. The van der Waals surface area contributed by atoms with Gasteiger partial charge in [-0.3, -0.25) is 0 Å². The SMILES string of the molecule is COc1ccc(C(=O)Oc2c[nH]c3ccccc23)cc1. The number of nitrogens with one attached hydrogen (secondary N) is 1. The highest BCUT2D eigenvalue weighted by atomic mass is 16.5. The number of para-hydroxylation sites is 1. The number of aromatic amines is 1. The third kappa shape index (κ3) is 2.23. The van der Waals surface area contributed by atoms with Gasteiger partial charge in [0, 0.05) is 17.1 Å². The quantitative estimate of drug-likeness (QED) is 0.740. The number of H-pyrrole nitrogens is 1. The molecule has 0 atom stereocenters. The Hall–Kier alpha value is -2.75. The van der Waals surface area contributed by atoms with Crippen molar-refractivity contribution in [3.8, 4) is 11.5 Å². The maximum atomic E-state index is 12.1. The highest BCUT2D eigenvalue weighted by Gasteiger charge is 2.11. The van der Waals surface area contributed by atoms with Gasteiger partial charge < -0.3 is 14.5 Å². The van der Waals surface area contributed by atoms with Gasteiger partial charge in [-0.25, -0.2) is 4.79 Å². The van der Waals surface area contributed by atoms with Gasteiger partial charge in [-0.1, -0.05) is 12.1 Å². The molecule has 100 valence electrons. The van der Waals surface area contributed by atoms with Crippen LogP contribution >= 0.6 is 0 Å². The molecule has 1 N–H and O–H groups in total. The maximum Gasteiger partial charge on any atom is 0.343 e. The van der Waals surface area contributed by atoms with Gasteiger partial charge in [-0.15, -0.1) is 0 Å². The van der Waals surface area contributed by atoms with E-state index >= 15 is 0 Å². The number of fused-ring (bicyclic) bond motifs is 1. The third-order valence-electron chi connectivity index (χ3n) is 3.08. The summed E-state index contributed by atoms with van der Waals surface area (Å²) in [7, 11) is 1.58. The Morgan fingerprint density at radius 1 is 1.05 bits per heavy atom. The minimum atomic E-state index is -0.391. The van der Waals surface area contributed by atoms with Crippen molar-refractivity contribution < 1.29 is 14.3 Å². The largest absolute Gasteiger partial charge is 0.497 e. The Kier molecular flexibility index (Phi) is 3.13. The van der Waals surface area contributed by atoms with Gasteiger partial charge in [-0.2, -0.15) is 0 Å². The molecule has 20 heavy (non-hydrogen) atoms. The van der Waals surface area contributed by atoms with E-state index in [0.717, 1.165) is 10.9 Å². The average molecular weight is 267 g/mol. The van der Waals surface area contributed by atoms with Gasteiger partial charge in [0.1, 0.15) is 5.75 Å². The molecule has 0 unspecified atom stereocenters. The Morgan fingerprint density at radius 3 is 2.55 bits per heavy atom. The predicted octanol–water partition coefficient (Wildman–Crippen LogP) is 3.40. The van der Waals surface area contributed by atoms with E-state index in [1.54, 1.807) is 37.6 Å². The van der Waals surface area contributed by atoms with Gasteiger partial charge >= 0.3 is 5.97 Å². The van der Waals surface area contributed by atoms with E-state index in [1.165, 1.54) is 0 Å². The number of rotatable bonds is 3. The molecule has 0 saturated carbocycles. The molecule has 0 aliphatic heterocycles. The first-order valence-electron chi connectivity index (χ1n) is 6.20. The molecule has 3 rings (SSSR count). The number of hydrogen-bond donors (Lipinski definition) is 1. The molecule has 0 amide bonds. The molecule has 4 nitrogen and oxygen atoms in total. The standard InChI is InChI=1S/C16H13NO3/c1-19-12-8-6-11(7-9-12)16(18)20-15-10-17-14-5-3-2-4-13(14)15/h2-10,17H,1H3. The summed E-state index contributed by atoms with van der Waals surface area (Å²) in [6.45, 7) is 0. The molecule has 0 fully saturated rings. The number of benzene rings is 2. The van der Waals surface area contributed by atoms with Crippen LogP contribution in [0.25, 0.3) is 10.9 Å². The van der Waals surface area contributed by atoms with Crippen molar-refractivity contribution >= 4 is 16.9 Å². The van der Waals surface area contributed by atoms with Crippen molar-refractivity contribution in [2.24, 2.45) is 0 Å². The predicted molar refractivity (Wildman–Crippen MR) is 76.3 cm³/mol. The summed E-state index contributed by atoms with van der Waals surface area (Å²) in [5.41, 5.74) is 1.42. The molecule has 0 radical (unpaired) electrons. The van der Waals surface area contributed by atoms with E-state index in [-0.39, 0.29) is 0 Å². The first kappa shape index (κ1) is 12.3. The lowest BCUT2D eigenvalue weighted by Gasteiger charge is -2.04. The molecule has 3 aromatic rings. The normalized spacial score (nSPS) is 10.4. The number of ether oxygens (including phenoxy) is 2. The van der Waals surface area contributed by atoms with Crippen molar-refractivity contribution in [2.45, 2.75) is 0 Å². The van der Waals surface area contributed by atoms with Crippen LogP contribution in [0, 0.1) is 0 Å². The molecule has 4 heteroatoms. The zero-order valence-electron chi connectivity index (χ0n) is 10.9. The van der Waals surface area contributed by atoms with Crippen LogP contribution in [0.4, 0.5) is 0 Å². The highest BCUT2D eigenvalue weighted by Crippen LogP contribution is 2.25. The molecule has 1 heterocycles. The van der Waals surface area contributed by atoms with E-state index in [1.807, 2.05) is 24.3 Å². The minimum Gasteiger partial charge on any atom is -0.497 e. The van der Waals surface area contributed by atoms with Crippen molar-refractivity contribution in [3.05, 3.63) is 60.3 Å². The zero-order valence-corrected chi connectivity index (χ0v) is 10.9. The van der Waals surface area contributed by atoms with Crippen LogP contribution in [0.3, 0.4) is 0 Å². The molecule has 2 aromatic carbocycles. The summed E-state index contributed by atoms with van der Waals surface area (Å²) in [6.07, 6.45) is 1.69. The number of methoxy groups -OCH3 is 1. The fourth-order valence-corrected chi connectivity index (χ4v) is 2.02. The highest BCUT2D eigenvalue weighted by molar-refractivity contribution is 5.95. The Bertz CT molecular complexity index is 744. The van der Waals surface area contributed by atoms with E-state index < -0.39 is 5.97 Å². The second kappa shape index (κ2) is 5.09. The van der Waals surface area contributed by atoms with Crippen molar-refractivity contribution in [1.82, 2.24) is 4.98 Å². The first-order chi connectivity index (χ1) is 9.78. The van der Waals surface area contributed by atoms with Crippen LogP contribution in [0.1, 0.15) is 10.4 Å². The van der Waals surface area contributed by atoms with Crippen LogP contribution < -0.4 is 9.47 Å². The molecular weight excluding hydrogens is 254 g/mol. The van der Waals surface area contributed by atoms with Crippen LogP contribution in [-0.4, -0.2) is 18.1 Å². The number of carbonyl (C=O) groups is 1. The smallest absolute Gasteiger partial charge is 0.343 e. The van der Waals surface area contributed by atoms with Gasteiger partial charge in [0.25, 0.3) is 0 Å². The monoisotopic (exact) mass is 267 g/mol. The van der Waals surface area contributed by atoms with Gasteiger partial charge in [0.2, 0.25) is 0 Å². The minimum absolute atomic E-state index is 0.391. The summed E-state index contributed by atoms with van der Waals surface area (Å²) < 4.78 is 10.5. The zero-order chi connectivity index (χ0) is 13.9. The molecule has 0 spiro atoms.